The molecule has 0 aromatic heterocycles. The number of carboxylic acids is 1. The van der Waals surface area contributed by atoms with E-state index in [0.29, 0.717) is 26.3 Å². The molecule has 1 amide bonds. The third-order valence-electron chi connectivity index (χ3n) is 5.67. The van der Waals surface area contributed by atoms with Crippen LogP contribution in [-0.4, -0.2) is 79.2 Å². The molecule has 3 aliphatic heterocycles. The molecule has 7 nitrogen and oxygen atoms in total. The van der Waals surface area contributed by atoms with Gasteiger partial charge in [0, 0.05) is 31.9 Å². The zero-order chi connectivity index (χ0) is 22.5. The largest absolute Gasteiger partial charge is 0.490 e. The summed E-state index contributed by atoms with van der Waals surface area (Å²) >= 11 is 0. The van der Waals surface area contributed by atoms with Gasteiger partial charge >= 0.3 is 12.1 Å². The Hall–Kier alpha value is -2.33. The topological polar surface area (TPSA) is 79.3 Å². The van der Waals surface area contributed by atoms with E-state index in [2.05, 4.69) is 29.2 Å². The molecule has 0 radical (unpaired) electrons. The number of piperidine rings is 1. The first-order valence-electron chi connectivity index (χ1n) is 10.3. The number of carbonyl (C=O) groups is 2. The number of halogens is 3. The molecule has 1 aromatic carbocycles. The number of aliphatic carboxylic acids is 1. The number of hydrogen-bond acceptors (Lipinski definition) is 5. The quantitative estimate of drug-likeness (QED) is 0.756. The summed E-state index contributed by atoms with van der Waals surface area (Å²) in [5.74, 6) is -2.60. The minimum Gasteiger partial charge on any atom is -0.475 e. The molecule has 3 saturated heterocycles. The molecule has 31 heavy (non-hydrogen) atoms. The van der Waals surface area contributed by atoms with Crippen molar-refractivity contribution in [2.24, 2.45) is 0 Å². The van der Waals surface area contributed by atoms with Crippen LogP contribution in [0, 0.1) is 0 Å². The SMILES string of the molecule is O=C(O)C(F)(F)F.O=C([C@H]1CCCO1)N1CCOC2(CCCN(c3ccccc3)C2)C1. The van der Waals surface area contributed by atoms with Crippen molar-refractivity contribution in [3.8, 4) is 0 Å². The highest BCUT2D eigenvalue weighted by Crippen LogP contribution is 2.32. The molecule has 1 spiro atoms. The molecular weight excluding hydrogens is 417 g/mol. The Morgan fingerprint density at radius 1 is 1.06 bits per heavy atom. The average molecular weight is 444 g/mol. The fraction of sp³-hybridized carbons (Fsp3) is 0.619. The summed E-state index contributed by atoms with van der Waals surface area (Å²) in [4.78, 5) is 26.0. The number of benzene rings is 1. The van der Waals surface area contributed by atoms with E-state index in [-0.39, 0.29) is 17.6 Å². The Morgan fingerprint density at radius 3 is 2.39 bits per heavy atom. The van der Waals surface area contributed by atoms with Crippen LogP contribution in [0.5, 0.6) is 0 Å². The van der Waals surface area contributed by atoms with Crippen LogP contribution in [0.3, 0.4) is 0 Å². The molecule has 4 rings (SSSR count). The number of ether oxygens (including phenoxy) is 2. The number of amides is 1. The van der Waals surface area contributed by atoms with E-state index in [9.17, 15) is 18.0 Å². The van der Waals surface area contributed by atoms with Gasteiger partial charge in [0.25, 0.3) is 5.91 Å². The van der Waals surface area contributed by atoms with E-state index in [1.54, 1.807) is 0 Å². The van der Waals surface area contributed by atoms with Gasteiger partial charge in [0.1, 0.15) is 11.7 Å². The summed E-state index contributed by atoms with van der Waals surface area (Å²) in [6, 6.07) is 10.5. The Balaban J connectivity index is 0.000000339. The van der Waals surface area contributed by atoms with E-state index < -0.39 is 12.1 Å². The van der Waals surface area contributed by atoms with E-state index in [1.165, 1.54) is 5.69 Å². The van der Waals surface area contributed by atoms with Crippen molar-refractivity contribution in [2.75, 3.05) is 44.3 Å². The summed E-state index contributed by atoms with van der Waals surface area (Å²) in [7, 11) is 0. The lowest BCUT2D eigenvalue weighted by Gasteiger charge is -2.48. The molecule has 3 heterocycles. The third kappa shape index (κ3) is 6.10. The van der Waals surface area contributed by atoms with Crippen LogP contribution in [0.1, 0.15) is 25.7 Å². The highest BCUT2D eigenvalue weighted by Gasteiger charge is 2.43. The maximum atomic E-state index is 12.7. The van der Waals surface area contributed by atoms with Crippen LogP contribution in [-0.2, 0) is 19.1 Å². The van der Waals surface area contributed by atoms with Crippen LogP contribution >= 0.6 is 0 Å². The number of rotatable bonds is 2. The summed E-state index contributed by atoms with van der Waals surface area (Å²) < 4.78 is 43.6. The lowest BCUT2D eigenvalue weighted by atomic mass is 9.90. The predicted molar refractivity (Wildman–Crippen MR) is 106 cm³/mol. The Labute approximate surface area is 178 Å². The number of alkyl halides is 3. The van der Waals surface area contributed by atoms with E-state index >= 15 is 0 Å². The van der Waals surface area contributed by atoms with Gasteiger partial charge in [0.05, 0.1) is 13.2 Å². The van der Waals surface area contributed by atoms with Crippen molar-refractivity contribution in [3.05, 3.63) is 30.3 Å². The Bertz CT molecular complexity index is 751. The first-order valence-corrected chi connectivity index (χ1v) is 10.3. The van der Waals surface area contributed by atoms with Gasteiger partial charge in [-0.2, -0.15) is 13.2 Å². The maximum absolute atomic E-state index is 12.7. The first kappa shape index (κ1) is 23.3. The number of carboxylic acid groups (broad SMARTS) is 1. The third-order valence-corrected chi connectivity index (χ3v) is 5.67. The summed E-state index contributed by atoms with van der Waals surface area (Å²) in [5.41, 5.74) is 1.00. The van der Waals surface area contributed by atoms with E-state index in [4.69, 9.17) is 19.4 Å². The standard InChI is InChI=1S/C19H26N2O3.C2HF3O2/c22-18(17-8-4-12-23-17)21-11-13-24-19(15-21)9-5-10-20(14-19)16-6-2-1-3-7-16;3-2(4,5)1(6)7/h1-3,6-7,17H,4-5,8-15H2;(H,6,7)/t17-,19?;/m1./s1. The zero-order valence-corrected chi connectivity index (χ0v) is 17.1. The van der Waals surface area contributed by atoms with Crippen LogP contribution in [0.15, 0.2) is 30.3 Å². The van der Waals surface area contributed by atoms with Gasteiger partial charge in [0.2, 0.25) is 0 Å². The minimum atomic E-state index is -5.08. The predicted octanol–water partition coefficient (Wildman–Crippen LogP) is 2.70. The van der Waals surface area contributed by atoms with Gasteiger partial charge in [-0.1, -0.05) is 18.2 Å². The molecule has 10 heteroatoms. The fourth-order valence-corrected chi connectivity index (χ4v) is 4.21. The van der Waals surface area contributed by atoms with Crippen molar-refractivity contribution in [2.45, 2.75) is 43.6 Å². The Morgan fingerprint density at radius 2 is 1.77 bits per heavy atom. The number of nitrogens with zero attached hydrogens (tertiary/aromatic N) is 2. The molecule has 1 aromatic rings. The fourth-order valence-electron chi connectivity index (χ4n) is 4.21. The van der Waals surface area contributed by atoms with Crippen molar-refractivity contribution < 1.29 is 37.3 Å². The van der Waals surface area contributed by atoms with Crippen molar-refractivity contribution in [1.82, 2.24) is 4.90 Å². The van der Waals surface area contributed by atoms with Gasteiger partial charge in [0.15, 0.2) is 0 Å². The lowest BCUT2D eigenvalue weighted by molar-refractivity contribution is -0.192. The number of carbonyl (C=O) groups excluding carboxylic acids is 1. The van der Waals surface area contributed by atoms with Crippen molar-refractivity contribution >= 4 is 17.6 Å². The second kappa shape index (κ2) is 9.86. The van der Waals surface area contributed by atoms with Gasteiger partial charge in [-0.05, 0) is 37.8 Å². The molecule has 3 aliphatic rings. The maximum Gasteiger partial charge on any atom is 0.490 e. The van der Waals surface area contributed by atoms with Gasteiger partial charge in [-0.3, -0.25) is 4.79 Å². The summed E-state index contributed by atoms with van der Waals surface area (Å²) in [5, 5.41) is 7.12. The molecule has 172 valence electrons. The van der Waals surface area contributed by atoms with Crippen LogP contribution in [0.25, 0.3) is 0 Å². The highest BCUT2D eigenvalue weighted by molar-refractivity contribution is 5.81. The normalized spacial score (nSPS) is 26.4. The van der Waals surface area contributed by atoms with Gasteiger partial charge < -0.3 is 24.4 Å². The van der Waals surface area contributed by atoms with Crippen molar-refractivity contribution in [1.29, 1.82) is 0 Å². The van der Waals surface area contributed by atoms with E-state index in [0.717, 1.165) is 38.8 Å². The Kier molecular flexibility index (Phi) is 7.42. The molecular formula is C21H27F3N2O5. The highest BCUT2D eigenvalue weighted by atomic mass is 19.4. The second-order valence-corrected chi connectivity index (χ2v) is 7.96. The van der Waals surface area contributed by atoms with Gasteiger partial charge in [-0.15, -0.1) is 0 Å². The number of morpholine rings is 1. The van der Waals surface area contributed by atoms with Gasteiger partial charge in [-0.25, -0.2) is 4.79 Å². The monoisotopic (exact) mass is 444 g/mol. The lowest BCUT2D eigenvalue weighted by Crippen LogP contribution is -2.61. The number of anilines is 1. The van der Waals surface area contributed by atoms with E-state index in [1.807, 2.05) is 11.0 Å². The molecule has 1 N–H and O–H groups in total. The van der Waals surface area contributed by atoms with Crippen molar-refractivity contribution in [3.63, 3.8) is 0 Å². The molecule has 2 atom stereocenters. The molecule has 0 aliphatic carbocycles. The number of hydrogen-bond donors (Lipinski definition) is 1. The van der Waals surface area contributed by atoms with Crippen LogP contribution in [0.4, 0.5) is 18.9 Å². The van der Waals surface area contributed by atoms with Crippen LogP contribution in [0.2, 0.25) is 0 Å². The number of para-hydroxylation sites is 1. The molecule has 1 unspecified atom stereocenters. The summed E-state index contributed by atoms with van der Waals surface area (Å²) in [6.45, 7) is 4.62. The minimum absolute atomic E-state index is 0.159. The second-order valence-electron chi connectivity index (χ2n) is 7.96. The zero-order valence-electron chi connectivity index (χ0n) is 17.1. The van der Waals surface area contributed by atoms with Crippen LogP contribution < -0.4 is 4.90 Å². The molecule has 0 saturated carbocycles. The molecule has 3 fully saturated rings. The molecule has 0 bridgehead atoms. The first-order chi connectivity index (χ1) is 14.7. The average Bonchev–Trinajstić information content (AvgIpc) is 3.29. The smallest absolute Gasteiger partial charge is 0.475 e. The summed E-state index contributed by atoms with van der Waals surface area (Å²) in [6.07, 6.45) is -1.34.